The van der Waals surface area contributed by atoms with E-state index in [9.17, 15) is 4.21 Å². The minimum absolute atomic E-state index is 0.618. The fourth-order valence-corrected chi connectivity index (χ4v) is 2.68. The molecule has 0 spiro atoms. The Bertz CT molecular complexity index is 293. The first-order chi connectivity index (χ1) is 5.63. The average molecular weight is 203 g/mol. The summed E-state index contributed by atoms with van der Waals surface area (Å²) in [6.45, 7) is 5.95. The molecule has 2 nitrogen and oxygen atoms in total. The zero-order valence-corrected chi connectivity index (χ0v) is 9.22. The molecule has 0 saturated heterocycles. The summed E-state index contributed by atoms with van der Waals surface area (Å²) in [6, 6.07) is 0. The molecule has 0 aliphatic heterocycles. The molecule has 1 aromatic heterocycles. The van der Waals surface area contributed by atoms with Crippen molar-refractivity contribution in [3.8, 4) is 0 Å². The maximum Gasteiger partial charge on any atom is 0.0900 e. The molecule has 1 atom stereocenters. The zero-order chi connectivity index (χ0) is 9.14. The summed E-state index contributed by atoms with van der Waals surface area (Å²) in [4.78, 5) is 5.53. The minimum atomic E-state index is -0.731. The van der Waals surface area contributed by atoms with Gasteiger partial charge in [0.1, 0.15) is 0 Å². The van der Waals surface area contributed by atoms with Crippen molar-refractivity contribution in [1.29, 1.82) is 0 Å². The van der Waals surface area contributed by atoms with Crippen LogP contribution < -0.4 is 0 Å². The van der Waals surface area contributed by atoms with Crippen molar-refractivity contribution >= 4 is 22.1 Å². The van der Waals surface area contributed by atoms with Gasteiger partial charge in [-0.15, -0.1) is 11.3 Å². The summed E-state index contributed by atoms with van der Waals surface area (Å²) in [5.74, 6) is 1.34. The molecule has 0 aliphatic rings. The number of nitrogens with zero attached hydrogens (tertiary/aromatic N) is 1. The summed E-state index contributed by atoms with van der Waals surface area (Å²) >= 11 is 1.68. The van der Waals surface area contributed by atoms with Gasteiger partial charge in [0.25, 0.3) is 0 Å². The number of thiazole rings is 1. The van der Waals surface area contributed by atoms with Crippen molar-refractivity contribution in [2.75, 3.05) is 5.75 Å². The van der Waals surface area contributed by atoms with Crippen LogP contribution in [0.1, 0.15) is 22.5 Å². The van der Waals surface area contributed by atoms with E-state index in [4.69, 9.17) is 0 Å². The maximum absolute atomic E-state index is 11.2. The van der Waals surface area contributed by atoms with Gasteiger partial charge in [-0.25, -0.2) is 4.98 Å². The molecular weight excluding hydrogens is 190 g/mol. The Morgan fingerprint density at radius 2 is 2.17 bits per heavy atom. The second kappa shape index (κ2) is 4.14. The number of rotatable bonds is 3. The Hall–Kier alpha value is -0.220. The van der Waals surface area contributed by atoms with Gasteiger partial charge in [-0.1, -0.05) is 6.92 Å². The van der Waals surface area contributed by atoms with Crippen LogP contribution in [0.3, 0.4) is 0 Å². The van der Waals surface area contributed by atoms with Gasteiger partial charge >= 0.3 is 0 Å². The van der Waals surface area contributed by atoms with Gasteiger partial charge in [0.05, 0.1) is 16.5 Å². The molecular formula is C8H13NOS2. The number of hydrogen-bond donors (Lipinski definition) is 0. The van der Waals surface area contributed by atoms with Crippen LogP contribution >= 0.6 is 11.3 Å². The van der Waals surface area contributed by atoms with Crippen molar-refractivity contribution in [1.82, 2.24) is 4.98 Å². The van der Waals surface area contributed by atoms with Gasteiger partial charge < -0.3 is 0 Å². The van der Waals surface area contributed by atoms with Gasteiger partial charge in [-0.05, 0) is 13.8 Å². The van der Waals surface area contributed by atoms with E-state index in [2.05, 4.69) is 4.98 Å². The smallest absolute Gasteiger partial charge is 0.0900 e. The minimum Gasteiger partial charge on any atom is -0.259 e. The third-order valence-corrected chi connectivity index (χ3v) is 3.79. The van der Waals surface area contributed by atoms with Crippen LogP contribution in [-0.2, 0) is 16.6 Å². The van der Waals surface area contributed by atoms with Crippen molar-refractivity contribution < 1.29 is 4.21 Å². The highest BCUT2D eigenvalue weighted by Gasteiger charge is 2.07. The molecule has 1 aromatic rings. The Morgan fingerprint density at radius 1 is 1.50 bits per heavy atom. The highest BCUT2D eigenvalue weighted by molar-refractivity contribution is 7.84. The first-order valence-electron chi connectivity index (χ1n) is 3.91. The Morgan fingerprint density at radius 3 is 2.58 bits per heavy atom. The Kier molecular flexibility index (Phi) is 3.40. The molecule has 0 saturated carbocycles. The zero-order valence-electron chi connectivity index (χ0n) is 7.59. The van der Waals surface area contributed by atoms with Crippen LogP contribution in [-0.4, -0.2) is 14.9 Å². The Balaban J connectivity index is 2.75. The van der Waals surface area contributed by atoms with Gasteiger partial charge in [0, 0.05) is 21.4 Å². The normalized spacial score (nSPS) is 13.2. The van der Waals surface area contributed by atoms with Gasteiger partial charge in [0.15, 0.2) is 0 Å². The van der Waals surface area contributed by atoms with Gasteiger partial charge in [-0.3, -0.25) is 4.21 Å². The van der Waals surface area contributed by atoms with Gasteiger partial charge in [0.2, 0.25) is 0 Å². The lowest BCUT2D eigenvalue weighted by atomic mass is 10.4. The summed E-state index contributed by atoms with van der Waals surface area (Å²) in [6.07, 6.45) is 0. The molecule has 0 bridgehead atoms. The predicted molar refractivity (Wildman–Crippen MR) is 54.0 cm³/mol. The van der Waals surface area contributed by atoms with E-state index >= 15 is 0 Å². The van der Waals surface area contributed by atoms with Crippen LogP contribution in [0.15, 0.2) is 0 Å². The SMILES string of the molecule is CCS(=O)Cc1nc(C)sc1C. The third-order valence-electron chi connectivity index (χ3n) is 1.62. The Labute approximate surface area is 79.5 Å². The van der Waals surface area contributed by atoms with Crippen molar-refractivity contribution in [3.05, 3.63) is 15.6 Å². The summed E-state index contributed by atoms with van der Waals surface area (Å²) < 4.78 is 11.2. The first kappa shape index (κ1) is 9.86. The van der Waals surface area contributed by atoms with Gasteiger partial charge in [-0.2, -0.15) is 0 Å². The van der Waals surface area contributed by atoms with E-state index in [0.29, 0.717) is 5.75 Å². The van der Waals surface area contributed by atoms with Crippen molar-refractivity contribution in [2.24, 2.45) is 0 Å². The van der Waals surface area contributed by atoms with E-state index in [-0.39, 0.29) is 0 Å². The standard InChI is InChI=1S/C8H13NOS2/c1-4-12(10)5-8-6(2)11-7(3)9-8/h4-5H2,1-3H3. The molecule has 0 fully saturated rings. The highest BCUT2D eigenvalue weighted by atomic mass is 32.2. The van der Waals surface area contributed by atoms with Crippen molar-refractivity contribution in [2.45, 2.75) is 26.5 Å². The van der Waals surface area contributed by atoms with Crippen LogP contribution in [0.2, 0.25) is 0 Å². The molecule has 4 heteroatoms. The lowest BCUT2D eigenvalue weighted by molar-refractivity contribution is 0.683. The molecule has 68 valence electrons. The lowest BCUT2D eigenvalue weighted by Gasteiger charge is -1.95. The molecule has 0 amide bonds. The second-order valence-electron chi connectivity index (χ2n) is 2.61. The van der Waals surface area contributed by atoms with Crippen molar-refractivity contribution in [3.63, 3.8) is 0 Å². The maximum atomic E-state index is 11.2. The summed E-state index contributed by atoms with van der Waals surface area (Å²) in [5, 5.41) is 1.07. The summed E-state index contributed by atoms with van der Waals surface area (Å²) in [7, 11) is -0.731. The largest absolute Gasteiger partial charge is 0.259 e. The van der Waals surface area contributed by atoms with E-state index in [1.807, 2.05) is 20.8 Å². The molecule has 0 aromatic carbocycles. The van der Waals surface area contributed by atoms with E-state index in [0.717, 1.165) is 16.5 Å². The molecule has 0 aliphatic carbocycles. The van der Waals surface area contributed by atoms with Crippen LogP contribution in [0.25, 0.3) is 0 Å². The average Bonchev–Trinajstić information content (AvgIpc) is 2.30. The third kappa shape index (κ3) is 2.38. The predicted octanol–water partition coefficient (Wildman–Crippen LogP) is 2.03. The summed E-state index contributed by atoms with van der Waals surface area (Å²) in [5.41, 5.74) is 1.01. The fraction of sp³-hybridized carbons (Fsp3) is 0.625. The lowest BCUT2D eigenvalue weighted by Crippen LogP contribution is -1.99. The van der Waals surface area contributed by atoms with E-state index in [1.165, 1.54) is 4.88 Å². The van der Waals surface area contributed by atoms with E-state index in [1.54, 1.807) is 11.3 Å². The monoisotopic (exact) mass is 203 g/mol. The fourth-order valence-electron chi connectivity index (χ4n) is 0.961. The van der Waals surface area contributed by atoms with Crippen LogP contribution in [0.4, 0.5) is 0 Å². The molecule has 1 heterocycles. The van der Waals surface area contributed by atoms with E-state index < -0.39 is 10.8 Å². The molecule has 0 radical (unpaired) electrons. The second-order valence-corrected chi connectivity index (χ2v) is 5.76. The molecule has 1 rings (SSSR count). The molecule has 0 N–H and O–H groups in total. The highest BCUT2D eigenvalue weighted by Crippen LogP contribution is 2.17. The number of hydrogen-bond acceptors (Lipinski definition) is 3. The van der Waals surface area contributed by atoms with Crippen LogP contribution in [0.5, 0.6) is 0 Å². The molecule has 1 unspecified atom stereocenters. The number of aryl methyl sites for hydroxylation is 2. The van der Waals surface area contributed by atoms with Crippen LogP contribution in [0, 0.1) is 13.8 Å². The first-order valence-corrected chi connectivity index (χ1v) is 6.21. The number of aromatic nitrogens is 1. The quantitative estimate of drug-likeness (QED) is 0.752. The molecule has 12 heavy (non-hydrogen) atoms. The topological polar surface area (TPSA) is 30.0 Å².